The summed E-state index contributed by atoms with van der Waals surface area (Å²) < 4.78 is 0. The van der Waals surface area contributed by atoms with Crippen molar-refractivity contribution in [2.24, 2.45) is 11.7 Å². The van der Waals surface area contributed by atoms with Crippen molar-refractivity contribution in [3.63, 3.8) is 0 Å². The van der Waals surface area contributed by atoms with E-state index in [0.717, 1.165) is 45.2 Å². The molecule has 1 saturated heterocycles. The average Bonchev–Trinajstić information content (AvgIpc) is 2.59. The summed E-state index contributed by atoms with van der Waals surface area (Å²) >= 11 is 0. The molecule has 0 saturated carbocycles. The Labute approximate surface area is 93.0 Å². The molecule has 0 spiro atoms. The highest BCUT2D eigenvalue weighted by Crippen LogP contribution is 2.20. The molecule has 1 fully saturated rings. The van der Waals surface area contributed by atoms with Crippen LogP contribution in [0.25, 0.3) is 0 Å². The Kier molecular flexibility index (Phi) is 5.09. The Bertz CT molecular complexity index is 206. The molecule has 0 aromatic rings. The maximum Gasteiger partial charge on any atom is 0.222 e. The van der Waals surface area contributed by atoms with Gasteiger partial charge in [0.1, 0.15) is 0 Å². The van der Waals surface area contributed by atoms with Gasteiger partial charge < -0.3 is 10.6 Å². The lowest BCUT2D eigenvalue weighted by atomic mass is 10.1. The quantitative estimate of drug-likeness (QED) is 0.729. The molecular formula is C12H24N2O. The molecule has 1 amide bonds. The van der Waals surface area contributed by atoms with E-state index in [-0.39, 0.29) is 0 Å². The zero-order chi connectivity index (χ0) is 11.3. The topological polar surface area (TPSA) is 46.3 Å². The lowest BCUT2D eigenvalue weighted by molar-refractivity contribution is -0.127. The zero-order valence-corrected chi connectivity index (χ0v) is 10.0. The van der Waals surface area contributed by atoms with Crippen LogP contribution in [0.15, 0.2) is 0 Å². The van der Waals surface area contributed by atoms with Crippen LogP contribution in [0.1, 0.15) is 46.0 Å². The number of nitrogens with zero attached hydrogens (tertiary/aromatic N) is 1. The summed E-state index contributed by atoms with van der Waals surface area (Å²) in [6, 6.07) is 0.310. The summed E-state index contributed by atoms with van der Waals surface area (Å²) in [6.07, 6.45) is 5.01. The zero-order valence-electron chi connectivity index (χ0n) is 10.0. The summed E-state index contributed by atoms with van der Waals surface area (Å²) in [6.45, 7) is 6.15. The number of likely N-dealkylation sites (tertiary alicyclic amines) is 1. The van der Waals surface area contributed by atoms with E-state index in [1.807, 2.05) is 4.90 Å². The summed E-state index contributed by atoms with van der Waals surface area (Å²) in [5.41, 5.74) is 5.84. The second-order valence-corrected chi connectivity index (χ2v) is 4.63. The third kappa shape index (κ3) is 3.82. The van der Waals surface area contributed by atoms with Crippen LogP contribution in [-0.4, -0.2) is 29.9 Å². The molecule has 3 nitrogen and oxygen atoms in total. The van der Waals surface area contributed by atoms with E-state index in [0.29, 0.717) is 17.9 Å². The first-order valence-electron chi connectivity index (χ1n) is 6.20. The smallest absolute Gasteiger partial charge is 0.222 e. The van der Waals surface area contributed by atoms with E-state index in [4.69, 9.17) is 5.73 Å². The number of carbonyl (C=O) groups is 1. The number of hydrogen-bond acceptors (Lipinski definition) is 2. The number of carbonyl (C=O) groups excluding carboxylic acids is 1. The van der Waals surface area contributed by atoms with Gasteiger partial charge in [-0.25, -0.2) is 0 Å². The van der Waals surface area contributed by atoms with Crippen molar-refractivity contribution < 1.29 is 4.79 Å². The van der Waals surface area contributed by atoms with E-state index >= 15 is 0 Å². The predicted octanol–water partition coefficient (Wildman–Crippen LogP) is 1.76. The molecule has 88 valence electrons. The largest absolute Gasteiger partial charge is 0.342 e. The highest BCUT2D eigenvalue weighted by molar-refractivity contribution is 5.78. The van der Waals surface area contributed by atoms with Crippen molar-refractivity contribution in [3.05, 3.63) is 0 Å². The second-order valence-electron chi connectivity index (χ2n) is 4.63. The van der Waals surface area contributed by atoms with Gasteiger partial charge in [0.25, 0.3) is 0 Å². The lowest BCUT2D eigenvalue weighted by Crippen LogP contribution is -2.28. The summed E-state index contributed by atoms with van der Waals surface area (Å²) in [5, 5.41) is 0. The molecule has 2 unspecified atom stereocenters. The first kappa shape index (κ1) is 12.5. The van der Waals surface area contributed by atoms with Crippen LogP contribution in [0.5, 0.6) is 0 Å². The first-order chi connectivity index (χ1) is 7.17. The van der Waals surface area contributed by atoms with Crippen molar-refractivity contribution in [2.45, 2.75) is 52.0 Å². The molecule has 2 N–H and O–H groups in total. The van der Waals surface area contributed by atoms with E-state index in [9.17, 15) is 4.79 Å². The standard InChI is InChI=1S/C12H24N2O/c1-3-10-8-12(15)14(9-10)7-5-6-11(13)4-2/h10-11H,3-9,13H2,1-2H3. The Morgan fingerprint density at radius 2 is 2.27 bits per heavy atom. The lowest BCUT2D eigenvalue weighted by Gasteiger charge is -2.17. The Morgan fingerprint density at radius 1 is 1.53 bits per heavy atom. The van der Waals surface area contributed by atoms with E-state index in [1.165, 1.54) is 0 Å². The number of rotatable bonds is 6. The van der Waals surface area contributed by atoms with Crippen molar-refractivity contribution in [1.82, 2.24) is 4.90 Å². The molecule has 1 heterocycles. The van der Waals surface area contributed by atoms with E-state index in [1.54, 1.807) is 0 Å². The average molecular weight is 212 g/mol. The van der Waals surface area contributed by atoms with Crippen LogP contribution in [-0.2, 0) is 4.79 Å². The molecular weight excluding hydrogens is 188 g/mol. The second kappa shape index (κ2) is 6.11. The van der Waals surface area contributed by atoms with Crippen LogP contribution >= 0.6 is 0 Å². The van der Waals surface area contributed by atoms with Gasteiger partial charge >= 0.3 is 0 Å². The van der Waals surface area contributed by atoms with Crippen LogP contribution in [0.4, 0.5) is 0 Å². The maximum absolute atomic E-state index is 11.6. The van der Waals surface area contributed by atoms with Gasteiger partial charge in [0.05, 0.1) is 0 Å². The van der Waals surface area contributed by atoms with Crippen molar-refractivity contribution in [3.8, 4) is 0 Å². The van der Waals surface area contributed by atoms with Crippen molar-refractivity contribution in [1.29, 1.82) is 0 Å². The fourth-order valence-electron chi connectivity index (χ4n) is 2.09. The van der Waals surface area contributed by atoms with Crippen LogP contribution in [0, 0.1) is 5.92 Å². The van der Waals surface area contributed by atoms with Gasteiger partial charge in [0, 0.05) is 25.6 Å². The van der Waals surface area contributed by atoms with Crippen molar-refractivity contribution >= 4 is 5.91 Å². The van der Waals surface area contributed by atoms with Crippen LogP contribution < -0.4 is 5.73 Å². The molecule has 0 aliphatic carbocycles. The molecule has 0 radical (unpaired) electrons. The minimum Gasteiger partial charge on any atom is -0.342 e. The summed E-state index contributed by atoms with van der Waals surface area (Å²) in [5.74, 6) is 0.935. The molecule has 0 aromatic heterocycles. The first-order valence-corrected chi connectivity index (χ1v) is 6.20. The summed E-state index contributed by atoms with van der Waals surface area (Å²) in [4.78, 5) is 13.6. The monoisotopic (exact) mass is 212 g/mol. The predicted molar refractivity (Wildman–Crippen MR) is 62.5 cm³/mol. The normalized spacial score (nSPS) is 23.5. The highest BCUT2D eigenvalue weighted by Gasteiger charge is 2.27. The fourth-order valence-corrected chi connectivity index (χ4v) is 2.09. The Morgan fingerprint density at radius 3 is 2.80 bits per heavy atom. The number of amides is 1. The SMILES string of the molecule is CCC(N)CCCN1CC(CC)CC1=O. The van der Waals surface area contributed by atoms with Gasteiger partial charge in [-0.3, -0.25) is 4.79 Å². The maximum atomic E-state index is 11.6. The highest BCUT2D eigenvalue weighted by atomic mass is 16.2. The minimum absolute atomic E-state index is 0.310. The number of nitrogens with two attached hydrogens (primary N) is 1. The third-order valence-electron chi connectivity index (χ3n) is 3.40. The Hall–Kier alpha value is -0.570. The van der Waals surface area contributed by atoms with Gasteiger partial charge in [-0.15, -0.1) is 0 Å². The molecule has 1 aliphatic rings. The molecule has 15 heavy (non-hydrogen) atoms. The molecule has 3 heteroatoms. The Balaban J connectivity index is 2.19. The molecule has 0 aromatic carbocycles. The minimum atomic E-state index is 0.310. The van der Waals surface area contributed by atoms with Gasteiger partial charge in [-0.1, -0.05) is 20.3 Å². The van der Waals surface area contributed by atoms with Gasteiger partial charge in [0.2, 0.25) is 5.91 Å². The van der Waals surface area contributed by atoms with E-state index < -0.39 is 0 Å². The summed E-state index contributed by atoms with van der Waals surface area (Å²) in [7, 11) is 0. The van der Waals surface area contributed by atoms with Crippen molar-refractivity contribution in [2.75, 3.05) is 13.1 Å². The molecule has 2 atom stereocenters. The van der Waals surface area contributed by atoms with Gasteiger partial charge in [0.15, 0.2) is 0 Å². The molecule has 0 bridgehead atoms. The van der Waals surface area contributed by atoms with E-state index in [2.05, 4.69) is 13.8 Å². The molecule has 1 aliphatic heterocycles. The van der Waals surface area contributed by atoms with Crippen LogP contribution in [0.3, 0.4) is 0 Å². The van der Waals surface area contributed by atoms with Gasteiger partial charge in [-0.2, -0.15) is 0 Å². The molecule has 1 rings (SSSR count). The van der Waals surface area contributed by atoms with Gasteiger partial charge in [-0.05, 0) is 25.2 Å². The fraction of sp³-hybridized carbons (Fsp3) is 0.917. The van der Waals surface area contributed by atoms with Crippen LogP contribution in [0.2, 0.25) is 0 Å². The third-order valence-corrected chi connectivity index (χ3v) is 3.40. The number of hydrogen-bond donors (Lipinski definition) is 1.